The quantitative estimate of drug-likeness (QED) is 0.389. The molecular weight excluding hydrogens is 474 g/mol. The van der Waals surface area contributed by atoms with Gasteiger partial charge in [-0.1, -0.05) is 48.8 Å². The number of nitrogens with zero attached hydrogens (tertiary/aromatic N) is 3. The van der Waals surface area contributed by atoms with E-state index in [0.29, 0.717) is 33.8 Å². The van der Waals surface area contributed by atoms with Crippen molar-refractivity contribution in [2.75, 3.05) is 0 Å². The highest BCUT2D eigenvalue weighted by molar-refractivity contribution is 9.10. The van der Waals surface area contributed by atoms with Gasteiger partial charge < -0.3 is 9.52 Å². The molecule has 162 valence electrons. The molecule has 2 aromatic carbocycles. The van der Waals surface area contributed by atoms with E-state index in [4.69, 9.17) is 4.42 Å². The summed E-state index contributed by atoms with van der Waals surface area (Å²) in [4.78, 5) is 29.1. The third kappa shape index (κ3) is 4.27. The third-order valence-corrected chi connectivity index (χ3v) is 5.29. The highest BCUT2D eigenvalue weighted by Gasteiger charge is 2.23. The zero-order valence-corrected chi connectivity index (χ0v) is 19.3. The predicted octanol–water partition coefficient (Wildman–Crippen LogP) is 5.30. The van der Waals surface area contributed by atoms with E-state index >= 15 is 0 Å². The molecule has 0 saturated heterocycles. The van der Waals surface area contributed by atoms with Crippen LogP contribution in [-0.2, 0) is 5.41 Å². The average molecular weight is 494 g/mol. The molecule has 0 atom stereocenters. The Morgan fingerprint density at radius 1 is 1.16 bits per heavy atom. The summed E-state index contributed by atoms with van der Waals surface area (Å²) in [5.41, 5.74) is 0.702. The fourth-order valence-corrected chi connectivity index (χ4v) is 3.60. The number of carboxylic acids is 1. The van der Waals surface area contributed by atoms with E-state index in [-0.39, 0.29) is 11.1 Å². The van der Waals surface area contributed by atoms with Crippen molar-refractivity contribution in [1.82, 2.24) is 9.66 Å². The number of carboxylic acid groups (broad SMARTS) is 1. The molecule has 0 aliphatic carbocycles. The van der Waals surface area contributed by atoms with Gasteiger partial charge in [-0.3, -0.25) is 4.79 Å². The summed E-state index contributed by atoms with van der Waals surface area (Å²) in [5, 5.41) is 14.0. The second kappa shape index (κ2) is 8.20. The van der Waals surface area contributed by atoms with Crippen LogP contribution >= 0.6 is 15.9 Å². The van der Waals surface area contributed by atoms with Crippen molar-refractivity contribution in [2.45, 2.75) is 26.2 Å². The molecule has 2 heterocycles. The Morgan fingerprint density at radius 2 is 1.94 bits per heavy atom. The molecule has 0 amide bonds. The van der Waals surface area contributed by atoms with Gasteiger partial charge in [0.2, 0.25) is 0 Å². The van der Waals surface area contributed by atoms with Crippen molar-refractivity contribution in [3.8, 4) is 11.3 Å². The molecular formula is C24H20BrN3O4. The largest absolute Gasteiger partial charge is 0.478 e. The maximum Gasteiger partial charge on any atom is 0.335 e. The molecule has 2 aromatic heterocycles. The molecule has 0 fully saturated rings. The number of aromatic nitrogens is 2. The number of aromatic carboxylic acids is 1. The summed E-state index contributed by atoms with van der Waals surface area (Å²) in [5.74, 6) is 0.430. The lowest BCUT2D eigenvalue weighted by molar-refractivity contribution is 0.0697. The maximum absolute atomic E-state index is 13.2. The van der Waals surface area contributed by atoms with Crippen LogP contribution in [0.25, 0.3) is 22.2 Å². The van der Waals surface area contributed by atoms with Gasteiger partial charge in [0.25, 0.3) is 5.56 Å². The van der Waals surface area contributed by atoms with Gasteiger partial charge >= 0.3 is 5.97 Å². The van der Waals surface area contributed by atoms with Crippen LogP contribution in [0.1, 0.15) is 42.7 Å². The Labute approximate surface area is 192 Å². The molecule has 32 heavy (non-hydrogen) atoms. The van der Waals surface area contributed by atoms with Crippen LogP contribution in [-0.4, -0.2) is 27.0 Å². The van der Waals surface area contributed by atoms with Crippen LogP contribution < -0.4 is 5.56 Å². The van der Waals surface area contributed by atoms with E-state index in [9.17, 15) is 14.7 Å². The third-order valence-electron chi connectivity index (χ3n) is 4.80. The topological polar surface area (TPSA) is 97.7 Å². The first-order valence-electron chi connectivity index (χ1n) is 9.84. The molecule has 0 radical (unpaired) electrons. The van der Waals surface area contributed by atoms with Crippen LogP contribution in [0.4, 0.5) is 0 Å². The van der Waals surface area contributed by atoms with Gasteiger partial charge in [0, 0.05) is 15.5 Å². The van der Waals surface area contributed by atoms with E-state index in [0.717, 1.165) is 4.47 Å². The smallest absolute Gasteiger partial charge is 0.335 e. The van der Waals surface area contributed by atoms with Gasteiger partial charge in [0.05, 0.1) is 22.7 Å². The summed E-state index contributed by atoms with van der Waals surface area (Å²) in [6, 6.07) is 15.3. The standard InChI is InChI=1S/C24H20BrN3O4/c1-24(2,3)23-27-19-9-7-16(25)12-18(19)21(29)28(23)26-13-17-8-10-20(32-17)14-5-4-6-15(11-14)22(30)31/h4-13H,1-3H3,(H,30,31). The molecule has 0 spiro atoms. The SMILES string of the molecule is CC(C)(C)c1nc2ccc(Br)cc2c(=O)n1N=Cc1ccc(-c2cccc(C(=O)O)c2)o1. The minimum Gasteiger partial charge on any atom is -0.478 e. The Hall–Kier alpha value is -3.52. The molecule has 0 saturated carbocycles. The van der Waals surface area contributed by atoms with E-state index in [2.05, 4.69) is 26.0 Å². The Morgan fingerprint density at radius 3 is 2.66 bits per heavy atom. The van der Waals surface area contributed by atoms with E-state index < -0.39 is 11.4 Å². The Balaban J connectivity index is 1.76. The summed E-state index contributed by atoms with van der Waals surface area (Å²) >= 11 is 3.40. The lowest BCUT2D eigenvalue weighted by Crippen LogP contribution is -2.29. The molecule has 4 rings (SSSR count). The Kier molecular flexibility index (Phi) is 5.56. The van der Waals surface area contributed by atoms with Crippen molar-refractivity contribution in [1.29, 1.82) is 0 Å². The van der Waals surface area contributed by atoms with Gasteiger partial charge in [-0.15, -0.1) is 0 Å². The summed E-state index contributed by atoms with van der Waals surface area (Å²) < 4.78 is 7.89. The van der Waals surface area contributed by atoms with Crippen molar-refractivity contribution < 1.29 is 14.3 Å². The first-order valence-corrected chi connectivity index (χ1v) is 10.6. The highest BCUT2D eigenvalue weighted by atomic mass is 79.9. The second-order valence-corrected chi connectivity index (χ2v) is 9.21. The lowest BCUT2D eigenvalue weighted by Gasteiger charge is -2.20. The zero-order valence-electron chi connectivity index (χ0n) is 17.7. The van der Waals surface area contributed by atoms with Crippen LogP contribution in [0.3, 0.4) is 0 Å². The van der Waals surface area contributed by atoms with Crippen molar-refractivity contribution in [2.24, 2.45) is 5.10 Å². The number of benzene rings is 2. The molecule has 0 bridgehead atoms. The number of carbonyl (C=O) groups is 1. The van der Waals surface area contributed by atoms with Crippen molar-refractivity contribution in [3.05, 3.63) is 86.6 Å². The molecule has 7 nitrogen and oxygen atoms in total. The van der Waals surface area contributed by atoms with E-state index in [1.54, 1.807) is 36.4 Å². The van der Waals surface area contributed by atoms with Crippen LogP contribution in [0.15, 0.2) is 73.4 Å². The van der Waals surface area contributed by atoms with Gasteiger partial charge in [-0.05, 0) is 42.5 Å². The van der Waals surface area contributed by atoms with E-state index in [1.165, 1.54) is 23.0 Å². The van der Waals surface area contributed by atoms with Crippen molar-refractivity contribution in [3.63, 3.8) is 0 Å². The fraction of sp³-hybridized carbons (Fsp3) is 0.167. The molecule has 8 heteroatoms. The van der Waals surface area contributed by atoms with Gasteiger partial charge in [0.15, 0.2) is 0 Å². The van der Waals surface area contributed by atoms with Crippen LogP contribution in [0.2, 0.25) is 0 Å². The normalized spacial score (nSPS) is 12.0. The molecule has 4 aromatic rings. The number of halogens is 1. The lowest BCUT2D eigenvalue weighted by atomic mass is 9.95. The molecule has 0 aliphatic heterocycles. The predicted molar refractivity (Wildman–Crippen MR) is 126 cm³/mol. The highest BCUT2D eigenvalue weighted by Crippen LogP contribution is 2.24. The number of fused-ring (bicyclic) bond motifs is 1. The molecule has 0 aliphatic rings. The van der Waals surface area contributed by atoms with Crippen LogP contribution in [0.5, 0.6) is 0 Å². The second-order valence-electron chi connectivity index (χ2n) is 8.30. The Bertz CT molecular complexity index is 1430. The first kappa shape index (κ1) is 21.7. The minimum atomic E-state index is -1.01. The number of rotatable bonds is 4. The first-order chi connectivity index (χ1) is 15.1. The minimum absolute atomic E-state index is 0.170. The molecule has 0 unspecified atom stereocenters. The zero-order chi connectivity index (χ0) is 23.0. The summed E-state index contributed by atoms with van der Waals surface area (Å²) in [7, 11) is 0. The van der Waals surface area contributed by atoms with Crippen molar-refractivity contribution >= 4 is 39.0 Å². The van der Waals surface area contributed by atoms with E-state index in [1.807, 2.05) is 26.8 Å². The fourth-order valence-electron chi connectivity index (χ4n) is 3.24. The van der Waals surface area contributed by atoms with Gasteiger partial charge in [-0.25, -0.2) is 9.78 Å². The van der Waals surface area contributed by atoms with Gasteiger partial charge in [0.1, 0.15) is 17.3 Å². The molecule has 1 N–H and O–H groups in total. The van der Waals surface area contributed by atoms with Crippen LogP contribution in [0, 0.1) is 0 Å². The summed E-state index contributed by atoms with van der Waals surface area (Å²) in [6.07, 6.45) is 1.45. The average Bonchev–Trinajstić information content (AvgIpc) is 3.22. The number of hydrogen-bond acceptors (Lipinski definition) is 5. The summed E-state index contributed by atoms with van der Waals surface area (Å²) in [6.45, 7) is 5.89. The monoisotopic (exact) mass is 493 g/mol. The number of hydrogen-bond donors (Lipinski definition) is 1. The number of furan rings is 1. The van der Waals surface area contributed by atoms with Gasteiger partial charge in [-0.2, -0.15) is 9.78 Å². The maximum atomic E-state index is 13.2.